The summed E-state index contributed by atoms with van der Waals surface area (Å²) >= 11 is 0. The van der Waals surface area contributed by atoms with Crippen LogP contribution in [-0.4, -0.2) is 46.6 Å². The molecule has 2 aliphatic carbocycles. The van der Waals surface area contributed by atoms with Crippen LogP contribution >= 0.6 is 0 Å². The van der Waals surface area contributed by atoms with Crippen LogP contribution in [0, 0.1) is 23.7 Å². The van der Waals surface area contributed by atoms with Crippen LogP contribution < -0.4 is 0 Å². The van der Waals surface area contributed by atoms with E-state index in [-0.39, 0.29) is 36.7 Å². The van der Waals surface area contributed by atoms with E-state index in [0.29, 0.717) is 25.7 Å². The molecule has 6 nitrogen and oxygen atoms in total. The summed E-state index contributed by atoms with van der Waals surface area (Å²) in [5.41, 5.74) is 0.882. The molecule has 8 atom stereocenters. The highest BCUT2D eigenvalue weighted by Gasteiger charge is 2.43. The molecule has 3 aliphatic rings. The number of carbonyl (C=O) groups is 2. The zero-order valence-corrected chi connectivity index (χ0v) is 17.1. The molecule has 1 fully saturated rings. The van der Waals surface area contributed by atoms with E-state index in [1.165, 1.54) is 0 Å². The predicted molar refractivity (Wildman–Crippen MR) is 108 cm³/mol. The third-order valence-electron chi connectivity index (χ3n) is 6.52. The predicted octanol–water partition coefficient (Wildman–Crippen LogP) is 2.92. The Morgan fingerprint density at radius 2 is 2.21 bits per heavy atom. The van der Waals surface area contributed by atoms with E-state index in [1.807, 2.05) is 19.1 Å². The number of fused-ring (bicyclic) bond motifs is 1. The van der Waals surface area contributed by atoms with Crippen LogP contribution in [0.4, 0.5) is 0 Å². The molecule has 1 heterocycles. The zero-order valence-electron chi connectivity index (χ0n) is 20.1. The molecule has 2 N–H and O–H groups in total. The fourth-order valence-corrected chi connectivity index (χ4v) is 4.81. The normalized spacial score (nSPS) is 39.9. The SMILES string of the molecule is [2H]C([2H])([2H])C(CC)C(=O)O[C@H]1CC=CC2=C[C@@H](O)[C@H](C)[C@H](CC[C@@H]3C[C@@H](O)CC(=O)O3)[C@H]21. The van der Waals surface area contributed by atoms with Crippen molar-refractivity contribution in [1.82, 2.24) is 0 Å². The Bertz CT molecular complexity index is 761. The minimum atomic E-state index is -2.42. The van der Waals surface area contributed by atoms with Gasteiger partial charge >= 0.3 is 11.9 Å². The number of aliphatic hydroxyl groups excluding tert-OH is 2. The van der Waals surface area contributed by atoms with Crippen molar-refractivity contribution in [2.45, 2.75) is 83.6 Å². The summed E-state index contributed by atoms with van der Waals surface area (Å²) in [6.07, 6.45) is 5.52. The molecule has 3 rings (SSSR count). The van der Waals surface area contributed by atoms with Gasteiger partial charge in [0.25, 0.3) is 0 Å². The zero-order chi connectivity index (χ0) is 23.6. The molecule has 0 radical (unpaired) electrons. The van der Waals surface area contributed by atoms with Gasteiger partial charge in [-0.25, -0.2) is 0 Å². The molecular formula is C23H34O6. The molecule has 0 spiro atoms. The molecule has 162 valence electrons. The molecule has 0 aromatic carbocycles. The second-order valence-electron chi connectivity index (χ2n) is 8.56. The van der Waals surface area contributed by atoms with Crippen LogP contribution in [0.1, 0.15) is 63.3 Å². The topological polar surface area (TPSA) is 93.1 Å². The Morgan fingerprint density at radius 1 is 1.41 bits per heavy atom. The first-order valence-electron chi connectivity index (χ1n) is 12.2. The quantitative estimate of drug-likeness (QED) is 0.655. The van der Waals surface area contributed by atoms with Crippen molar-refractivity contribution in [3.63, 3.8) is 0 Å². The van der Waals surface area contributed by atoms with E-state index in [0.717, 1.165) is 5.57 Å². The summed E-state index contributed by atoms with van der Waals surface area (Å²) in [4.78, 5) is 24.4. The second kappa shape index (κ2) is 9.43. The summed E-state index contributed by atoms with van der Waals surface area (Å²) in [6.45, 7) is 1.18. The maximum absolute atomic E-state index is 12.7. The first-order chi connectivity index (χ1) is 15.0. The first-order valence-corrected chi connectivity index (χ1v) is 10.7. The van der Waals surface area contributed by atoms with Crippen LogP contribution in [0.15, 0.2) is 23.8 Å². The smallest absolute Gasteiger partial charge is 0.308 e. The fourth-order valence-electron chi connectivity index (χ4n) is 4.81. The highest BCUT2D eigenvalue weighted by atomic mass is 16.5. The lowest BCUT2D eigenvalue weighted by Crippen LogP contribution is -2.44. The summed E-state index contributed by atoms with van der Waals surface area (Å²) in [5.74, 6) is -2.65. The highest BCUT2D eigenvalue weighted by Crippen LogP contribution is 2.44. The molecule has 1 unspecified atom stereocenters. The maximum atomic E-state index is 12.7. The molecule has 0 aromatic rings. The van der Waals surface area contributed by atoms with Crippen LogP contribution in [0.2, 0.25) is 0 Å². The van der Waals surface area contributed by atoms with Gasteiger partial charge in [0.2, 0.25) is 0 Å². The Labute approximate surface area is 177 Å². The van der Waals surface area contributed by atoms with Gasteiger partial charge in [-0.05, 0) is 36.7 Å². The monoisotopic (exact) mass is 409 g/mol. The number of carbonyl (C=O) groups excluding carboxylic acids is 2. The molecule has 0 saturated carbocycles. The molecule has 0 amide bonds. The van der Waals surface area contributed by atoms with E-state index >= 15 is 0 Å². The lowest BCUT2D eigenvalue weighted by molar-refractivity contribution is -0.162. The molecule has 0 bridgehead atoms. The summed E-state index contributed by atoms with van der Waals surface area (Å²) in [6, 6.07) is 0. The van der Waals surface area contributed by atoms with Crippen LogP contribution in [0.3, 0.4) is 0 Å². The molecule has 6 heteroatoms. The standard InChI is InChI=1S/C23H34O6/c1-4-13(2)23(27)29-20-7-5-6-15-10-19(25)14(3)18(22(15)20)9-8-17-11-16(24)12-21(26)28-17/h5-6,10,13-14,16-20,22,24-25H,4,7-9,11-12H2,1-3H3/t13?,14-,16-,17-,18+,19-,20+,22+/m1/s1/i2D3. The molecule has 29 heavy (non-hydrogen) atoms. The number of rotatable bonds is 6. The largest absolute Gasteiger partial charge is 0.462 e. The molecule has 1 aliphatic heterocycles. The van der Waals surface area contributed by atoms with Crippen LogP contribution in [-0.2, 0) is 19.1 Å². The summed E-state index contributed by atoms with van der Waals surface area (Å²) in [7, 11) is 0. The number of ether oxygens (including phenoxy) is 2. The summed E-state index contributed by atoms with van der Waals surface area (Å²) in [5, 5.41) is 20.5. The van der Waals surface area contributed by atoms with Gasteiger partial charge in [0, 0.05) is 22.9 Å². The summed E-state index contributed by atoms with van der Waals surface area (Å²) < 4.78 is 34.1. The number of hydrogen-bond donors (Lipinski definition) is 2. The van der Waals surface area contributed by atoms with E-state index in [1.54, 1.807) is 13.0 Å². The number of esters is 2. The minimum Gasteiger partial charge on any atom is -0.462 e. The Hall–Kier alpha value is -1.66. The fraction of sp³-hybridized carbons (Fsp3) is 0.739. The Balaban J connectivity index is 1.77. The van der Waals surface area contributed by atoms with Gasteiger partial charge in [0.05, 0.1) is 24.5 Å². The van der Waals surface area contributed by atoms with Crippen molar-refractivity contribution in [2.75, 3.05) is 0 Å². The number of allylic oxidation sites excluding steroid dienone is 1. The van der Waals surface area contributed by atoms with Crippen molar-refractivity contribution < 1.29 is 33.4 Å². The third kappa shape index (κ3) is 5.10. The average Bonchev–Trinajstić information content (AvgIpc) is 2.67. The van der Waals surface area contributed by atoms with Gasteiger partial charge < -0.3 is 19.7 Å². The van der Waals surface area contributed by atoms with Gasteiger partial charge in [-0.2, -0.15) is 0 Å². The van der Waals surface area contributed by atoms with Crippen molar-refractivity contribution >= 4 is 11.9 Å². The van der Waals surface area contributed by atoms with Gasteiger partial charge in [0.1, 0.15) is 12.2 Å². The van der Waals surface area contributed by atoms with Crippen LogP contribution in [0.25, 0.3) is 0 Å². The van der Waals surface area contributed by atoms with E-state index in [9.17, 15) is 19.8 Å². The third-order valence-corrected chi connectivity index (χ3v) is 6.52. The van der Waals surface area contributed by atoms with E-state index in [4.69, 9.17) is 13.6 Å². The number of hydrogen-bond acceptors (Lipinski definition) is 6. The van der Waals surface area contributed by atoms with Crippen molar-refractivity contribution in [3.8, 4) is 0 Å². The Kier molecular flexibility index (Phi) is 5.90. The number of aliphatic hydroxyl groups is 2. The average molecular weight is 410 g/mol. The minimum absolute atomic E-state index is 0.00939. The lowest BCUT2D eigenvalue weighted by atomic mass is 9.65. The molecule has 1 saturated heterocycles. The second-order valence-corrected chi connectivity index (χ2v) is 8.56. The highest BCUT2D eigenvalue weighted by molar-refractivity contribution is 5.72. The molecular weight excluding hydrogens is 372 g/mol. The van der Waals surface area contributed by atoms with Crippen LogP contribution in [0.5, 0.6) is 0 Å². The Morgan fingerprint density at radius 3 is 2.90 bits per heavy atom. The van der Waals surface area contributed by atoms with E-state index < -0.39 is 43.0 Å². The van der Waals surface area contributed by atoms with E-state index in [2.05, 4.69) is 0 Å². The lowest BCUT2D eigenvalue weighted by Gasteiger charge is -2.44. The van der Waals surface area contributed by atoms with Crippen molar-refractivity contribution in [2.24, 2.45) is 23.7 Å². The van der Waals surface area contributed by atoms with Gasteiger partial charge in [0.15, 0.2) is 0 Å². The first kappa shape index (κ1) is 18.1. The number of cyclic esters (lactones) is 1. The van der Waals surface area contributed by atoms with Gasteiger partial charge in [-0.3, -0.25) is 9.59 Å². The maximum Gasteiger partial charge on any atom is 0.308 e. The van der Waals surface area contributed by atoms with Gasteiger partial charge in [-0.1, -0.05) is 38.9 Å². The van der Waals surface area contributed by atoms with Gasteiger partial charge in [-0.15, -0.1) is 0 Å². The van der Waals surface area contributed by atoms with Crippen molar-refractivity contribution in [3.05, 3.63) is 23.8 Å². The van der Waals surface area contributed by atoms with Crippen molar-refractivity contribution in [1.29, 1.82) is 0 Å². The molecule has 0 aromatic heterocycles.